The molecule has 3 nitrogen and oxygen atoms in total. The molecule has 0 unspecified atom stereocenters. The summed E-state index contributed by atoms with van der Waals surface area (Å²) in [6, 6.07) is 20.9. The van der Waals surface area contributed by atoms with Gasteiger partial charge >= 0.3 is 5.43 Å². The van der Waals surface area contributed by atoms with E-state index in [1.807, 2.05) is 24.3 Å². The maximum absolute atomic E-state index is 10.8. The predicted molar refractivity (Wildman–Crippen MR) is 94.2 cm³/mol. The van der Waals surface area contributed by atoms with Crippen LogP contribution in [-0.2, 0) is 11.3 Å². The molecular formula is C19H14ClNO2. The number of fused-ring (bicyclic) bond motifs is 5. The molecule has 0 aliphatic carbocycles. The van der Waals surface area contributed by atoms with Crippen molar-refractivity contribution < 1.29 is 9.53 Å². The summed E-state index contributed by atoms with van der Waals surface area (Å²) >= 11 is 5.28. The first-order valence-electron chi connectivity index (χ1n) is 7.46. The lowest BCUT2D eigenvalue weighted by Crippen LogP contribution is -2.07. The number of nitrogens with zero attached hydrogens (tertiary/aromatic N) is 1. The van der Waals surface area contributed by atoms with Gasteiger partial charge in [-0.25, -0.2) is 4.79 Å². The molecule has 4 rings (SSSR count). The molecule has 0 N–H and O–H groups in total. The third-order valence-electron chi connectivity index (χ3n) is 4.19. The van der Waals surface area contributed by atoms with E-state index < -0.39 is 5.43 Å². The highest BCUT2D eigenvalue weighted by atomic mass is 35.5. The first-order valence-corrected chi connectivity index (χ1v) is 7.84. The van der Waals surface area contributed by atoms with Crippen molar-refractivity contribution in [1.82, 2.24) is 4.57 Å². The fraction of sp³-hybridized carbons (Fsp3) is 0.105. The van der Waals surface area contributed by atoms with E-state index in [1.54, 1.807) is 0 Å². The Morgan fingerprint density at radius 1 is 0.913 bits per heavy atom. The van der Waals surface area contributed by atoms with Crippen molar-refractivity contribution >= 4 is 49.6 Å². The lowest BCUT2D eigenvalue weighted by atomic mass is 10.1. The Balaban J connectivity index is 2.02. The molecule has 0 saturated carbocycles. The second-order valence-corrected chi connectivity index (χ2v) is 5.75. The van der Waals surface area contributed by atoms with Gasteiger partial charge < -0.3 is 9.30 Å². The van der Waals surface area contributed by atoms with E-state index in [4.69, 9.17) is 16.3 Å². The van der Waals surface area contributed by atoms with Gasteiger partial charge in [0.25, 0.3) is 0 Å². The van der Waals surface area contributed by atoms with Crippen LogP contribution in [0.4, 0.5) is 4.79 Å². The third kappa shape index (κ3) is 2.34. The molecule has 4 heteroatoms. The van der Waals surface area contributed by atoms with E-state index in [0.717, 1.165) is 11.0 Å². The molecular weight excluding hydrogens is 310 g/mol. The Labute approximate surface area is 138 Å². The second-order valence-electron chi connectivity index (χ2n) is 5.44. The average Bonchev–Trinajstić information content (AvgIpc) is 2.89. The molecule has 0 aliphatic rings. The number of aromatic nitrogens is 1. The van der Waals surface area contributed by atoms with Crippen molar-refractivity contribution in [3.8, 4) is 0 Å². The minimum absolute atomic E-state index is 0.249. The molecule has 0 fully saturated rings. The van der Waals surface area contributed by atoms with Crippen molar-refractivity contribution in [1.29, 1.82) is 0 Å². The van der Waals surface area contributed by atoms with Crippen molar-refractivity contribution in [3.05, 3.63) is 60.7 Å². The summed E-state index contributed by atoms with van der Waals surface area (Å²) in [7, 11) is 0. The number of hydrogen-bond donors (Lipinski definition) is 0. The second kappa shape index (κ2) is 5.60. The Kier molecular flexibility index (Phi) is 3.43. The Hall–Kier alpha value is -2.52. The standard InChI is InChI=1S/C19H14ClNO2/c20-19(22)23-12-11-21-17-8-4-3-7-15(17)16-10-9-13-5-1-2-6-14(13)18(16)21/h1-10H,11-12H2. The maximum atomic E-state index is 10.8. The van der Waals surface area contributed by atoms with E-state index in [1.165, 1.54) is 21.5 Å². The molecule has 0 saturated heterocycles. The van der Waals surface area contributed by atoms with Crippen molar-refractivity contribution in [3.63, 3.8) is 0 Å². The highest BCUT2D eigenvalue weighted by Gasteiger charge is 2.13. The largest absolute Gasteiger partial charge is 0.452 e. The van der Waals surface area contributed by atoms with Crippen LogP contribution < -0.4 is 0 Å². The first kappa shape index (κ1) is 14.1. The van der Waals surface area contributed by atoms with Crippen LogP contribution in [0.5, 0.6) is 0 Å². The lowest BCUT2D eigenvalue weighted by molar-refractivity contribution is 0.169. The monoisotopic (exact) mass is 323 g/mol. The summed E-state index contributed by atoms with van der Waals surface area (Å²) < 4.78 is 7.13. The van der Waals surface area contributed by atoms with Crippen LogP contribution in [0.1, 0.15) is 0 Å². The highest BCUT2D eigenvalue weighted by molar-refractivity contribution is 6.61. The molecule has 23 heavy (non-hydrogen) atoms. The minimum atomic E-state index is -0.768. The molecule has 1 heterocycles. The highest BCUT2D eigenvalue weighted by Crippen LogP contribution is 2.34. The number of rotatable bonds is 3. The maximum Gasteiger partial charge on any atom is 0.403 e. The topological polar surface area (TPSA) is 31.2 Å². The van der Waals surface area contributed by atoms with Crippen LogP contribution in [0, 0.1) is 0 Å². The number of para-hydroxylation sites is 1. The number of ether oxygens (including phenoxy) is 1. The Morgan fingerprint density at radius 3 is 2.48 bits per heavy atom. The van der Waals surface area contributed by atoms with Crippen LogP contribution in [-0.4, -0.2) is 16.6 Å². The van der Waals surface area contributed by atoms with Gasteiger partial charge in [0.2, 0.25) is 0 Å². The van der Waals surface area contributed by atoms with Gasteiger partial charge in [0, 0.05) is 33.3 Å². The molecule has 0 atom stereocenters. The van der Waals surface area contributed by atoms with Crippen LogP contribution in [0.15, 0.2) is 60.7 Å². The van der Waals surface area contributed by atoms with Gasteiger partial charge in [-0.05, 0) is 11.5 Å². The summed E-state index contributed by atoms with van der Waals surface area (Å²) in [5, 5.41) is 4.79. The number of halogens is 1. The smallest absolute Gasteiger partial charge is 0.403 e. The van der Waals surface area contributed by atoms with E-state index in [9.17, 15) is 4.79 Å². The molecule has 1 aromatic heterocycles. The van der Waals surface area contributed by atoms with Gasteiger partial charge in [-0.1, -0.05) is 54.6 Å². The number of benzene rings is 3. The van der Waals surface area contributed by atoms with E-state index in [2.05, 4.69) is 41.0 Å². The van der Waals surface area contributed by atoms with Crippen LogP contribution in [0.2, 0.25) is 0 Å². The van der Waals surface area contributed by atoms with Gasteiger partial charge in [-0.3, -0.25) is 0 Å². The van der Waals surface area contributed by atoms with Gasteiger partial charge in [-0.15, -0.1) is 0 Å². The molecule has 0 bridgehead atoms. The number of carbonyl (C=O) groups excluding carboxylic acids is 1. The lowest BCUT2D eigenvalue weighted by Gasteiger charge is -2.09. The van der Waals surface area contributed by atoms with Gasteiger partial charge in [0.15, 0.2) is 0 Å². The van der Waals surface area contributed by atoms with Gasteiger partial charge in [0.05, 0.1) is 12.1 Å². The normalized spacial score (nSPS) is 11.3. The predicted octanol–water partition coefficient (Wildman–Crippen LogP) is 5.32. The Bertz CT molecular complexity index is 1040. The summed E-state index contributed by atoms with van der Waals surface area (Å²) in [5.74, 6) is 0. The number of carbonyl (C=O) groups is 1. The molecule has 0 radical (unpaired) electrons. The minimum Gasteiger partial charge on any atom is -0.452 e. The van der Waals surface area contributed by atoms with E-state index in [-0.39, 0.29) is 6.61 Å². The van der Waals surface area contributed by atoms with Crippen molar-refractivity contribution in [2.45, 2.75) is 6.54 Å². The fourth-order valence-corrected chi connectivity index (χ4v) is 3.35. The first-order chi connectivity index (χ1) is 11.3. The summed E-state index contributed by atoms with van der Waals surface area (Å²) in [6.07, 6.45) is 0. The van der Waals surface area contributed by atoms with Crippen molar-refractivity contribution in [2.75, 3.05) is 6.61 Å². The quantitative estimate of drug-likeness (QED) is 0.478. The fourth-order valence-electron chi connectivity index (χ4n) is 3.27. The molecule has 0 spiro atoms. The van der Waals surface area contributed by atoms with Crippen LogP contribution in [0.3, 0.4) is 0 Å². The summed E-state index contributed by atoms with van der Waals surface area (Å²) in [5.41, 5.74) is 1.52. The molecule has 4 aromatic rings. The SMILES string of the molecule is O=C(Cl)OCCn1c2ccccc2c2ccc3ccccc3c21. The van der Waals surface area contributed by atoms with E-state index >= 15 is 0 Å². The van der Waals surface area contributed by atoms with Crippen LogP contribution in [0.25, 0.3) is 32.6 Å². The van der Waals surface area contributed by atoms with E-state index in [0.29, 0.717) is 6.54 Å². The number of hydrogen-bond acceptors (Lipinski definition) is 2. The van der Waals surface area contributed by atoms with Crippen molar-refractivity contribution in [2.24, 2.45) is 0 Å². The van der Waals surface area contributed by atoms with Crippen LogP contribution >= 0.6 is 11.6 Å². The molecule has 114 valence electrons. The molecule has 0 aliphatic heterocycles. The zero-order chi connectivity index (χ0) is 15.8. The zero-order valence-corrected chi connectivity index (χ0v) is 13.1. The van der Waals surface area contributed by atoms with Gasteiger partial charge in [0.1, 0.15) is 6.61 Å². The summed E-state index contributed by atoms with van der Waals surface area (Å²) in [4.78, 5) is 10.8. The zero-order valence-electron chi connectivity index (χ0n) is 12.3. The third-order valence-corrected chi connectivity index (χ3v) is 4.30. The van der Waals surface area contributed by atoms with Gasteiger partial charge in [-0.2, -0.15) is 0 Å². The average molecular weight is 324 g/mol. The molecule has 0 amide bonds. The molecule has 3 aromatic carbocycles. The summed E-state index contributed by atoms with van der Waals surface area (Å²) in [6.45, 7) is 0.815. The Morgan fingerprint density at radius 2 is 1.65 bits per heavy atom.